The van der Waals surface area contributed by atoms with Crippen molar-refractivity contribution in [2.24, 2.45) is 0 Å². The van der Waals surface area contributed by atoms with Crippen LogP contribution in [-0.2, 0) is 17.8 Å². The molecule has 0 aliphatic heterocycles. The fourth-order valence-corrected chi connectivity index (χ4v) is 1.72. The van der Waals surface area contributed by atoms with Gasteiger partial charge < -0.3 is 9.84 Å². The maximum Gasteiger partial charge on any atom is 0.226 e. The molecule has 0 aliphatic carbocycles. The van der Waals surface area contributed by atoms with Crippen molar-refractivity contribution in [2.75, 3.05) is 0 Å². The molecule has 2 heterocycles. The van der Waals surface area contributed by atoms with Crippen LogP contribution in [0, 0.1) is 0 Å². The Morgan fingerprint density at radius 3 is 3.11 bits per heavy atom. The first-order valence-corrected chi connectivity index (χ1v) is 5.65. The highest BCUT2D eigenvalue weighted by molar-refractivity contribution is 5.86. The summed E-state index contributed by atoms with van der Waals surface area (Å²) in [4.78, 5) is 11.8. The van der Waals surface area contributed by atoms with Gasteiger partial charge in [0, 0.05) is 5.39 Å². The van der Waals surface area contributed by atoms with Gasteiger partial charge in [-0.2, -0.15) is 5.21 Å². The monoisotopic (exact) mass is 258 g/mol. The molecule has 0 fully saturated rings. The van der Waals surface area contributed by atoms with E-state index >= 15 is 0 Å². The smallest absolute Gasteiger partial charge is 0.226 e. The largest absolute Gasteiger partial charge is 0.356 e. The molecule has 0 saturated heterocycles. The van der Waals surface area contributed by atoms with Crippen molar-refractivity contribution < 1.29 is 9.32 Å². The molecule has 2 aromatic heterocycles. The maximum atomic E-state index is 11.8. The van der Waals surface area contributed by atoms with Gasteiger partial charge in [0.15, 0.2) is 11.4 Å². The van der Waals surface area contributed by atoms with Crippen molar-refractivity contribution in [3.8, 4) is 0 Å². The molecule has 1 aromatic carbocycles. The molecule has 96 valence electrons. The fraction of sp³-hybridized carbons (Fsp3) is 0.182. The first-order chi connectivity index (χ1) is 9.33. The second-order valence-electron chi connectivity index (χ2n) is 3.91. The molecule has 0 aliphatic rings. The van der Waals surface area contributed by atoms with E-state index in [9.17, 15) is 4.79 Å². The zero-order chi connectivity index (χ0) is 13.1. The van der Waals surface area contributed by atoms with Gasteiger partial charge in [-0.15, -0.1) is 10.2 Å². The Hall–Kier alpha value is -2.77. The molecule has 0 saturated carbocycles. The summed E-state index contributed by atoms with van der Waals surface area (Å²) < 4.78 is 5.13. The average Bonchev–Trinajstić information content (AvgIpc) is 3.07. The third-order valence-electron chi connectivity index (χ3n) is 2.61. The van der Waals surface area contributed by atoms with E-state index in [-0.39, 0.29) is 18.9 Å². The van der Waals surface area contributed by atoms with Gasteiger partial charge in [0.25, 0.3) is 0 Å². The summed E-state index contributed by atoms with van der Waals surface area (Å²) in [5.41, 5.74) is 1.28. The number of tetrazole rings is 1. The van der Waals surface area contributed by atoms with Gasteiger partial charge in [0.05, 0.1) is 13.0 Å². The minimum absolute atomic E-state index is 0.148. The van der Waals surface area contributed by atoms with Crippen molar-refractivity contribution in [1.29, 1.82) is 0 Å². The third kappa shape index (κ3) is 2.41. The van der Waals surface area contributed by atoms with Crippen LogP contribution in [-0.4, -0.2) is 31.7 Å². The summed E-state index contributed by atoms with van der Waals surface area (Å²) in [5.74, 6) is 0.252. The Morgan fingerprint density at radius 1 is 1.37 bits per heavy atom. The number of hydrogen-bond acceptors (Lipinski definition) is 6. The van der Waals surface area contributed by atoms with E-state index in [4.69, 9.17) is 4.52 Å². The molecule has 0 spiro atoms. The minimum Gasteiger partial charge on any atom is -0.356 e. The van der Waals surface area contributed by atoms with E-state index in [1.54, 1.807) is 0 Å². The highest BCUT2D eigenvalue weighted by Gasteiger charge is 2.12. The number of hydrogen-bond donors (Lipinski definition) is 2. The molecule has 0 bridgehead atoms. The Kier molecular flexibility index (Phi) is 2.89. The number of H-pyrrole nitrogens is 1. The SMILES string of the molecule is O=C(Cc1noc2ccccc12)NCc1nn[nH]n1. The van der Waals surface area contributed by atoms with Crippen LogP contribution in [0.15, 0.2) is 28.8 Å². The molecule has 0 unspecified atom stereocenters. The standard InChI is InChI=1S/C11H10N6O2/c18-11(12-6-10-13-16-17-14-10)5-8-7-3-1-2-4-9(7)19-15-8/h1-4H,5-6H2,(H,12,18)(H,13,14,16,17). The Balaban J connectivity index is 1.66. The van der Waals surface area contributed by atoms with Gasteiger partial charge in [-0.1, -0.05) is 22.5 Å². The number of nitrogens with one attached hydrogen (secondary N) is 2. The van der Waals surface area contributed by atoms with Gasteiger partial charge in [0.1, 0.15) is 5.69 Å². The quantitative estimate of drug-likeness (QED) is 0.691. The van der Waals surface area contributed by atoms with Gasteiger partial charge in [-0.25, -0.2) is 0 Å². The number of amides is 1. The van der Waals surface area contributed by atoms with E-state index in [0.717, 1.165) is 5.39 Å². The van der Waals surface area contributed by atoms with Crippen molar-refractivity contribution in [2.45, 2.75) is 13.0 Å². The van der Waals surface area contributed by atoms with E-state index in [2.05, 4.69) is 31.1 Å². The number of aromatic amines is 1. The third-order valence-corrected chi connectivity index (χ3v) is 2.61. The Bertz CT molecular complexity index is 690. The van der Waals surface area contributed by atoms with Crippen molar-refractivity contribution in [3.05, 3.63) is 35.8 Å². The molecule has 3 rings (SSSR count). The molecule has 1 amide bonds. The lowest BCUT2D eigenvalue weighted by molar-refractivity contribution is -0.120. The molecule has 19 heavy (non-hydrogen) atoms. The summed E-state index contributed by atoms with van der Waals surface area (Å²) in [6.07, 6.45) is 0.148. The number of nitrogens with zero attached hydrogens (tertiary/aromatic N) is 4. The van der Waals surface area contributed by atoms with E-state index in [1.807, 2.05) is 24.3 Å². The topological polar surface area (TPSA) is 110 Å². The maximum absolute atomic E-state index is 11.8. The molecule has 8 heteroatoms. The minimum atomic E-state index is -0.177. The van der Waals surface area contributed by atoms with Gasteiger partial charge in [0.2, 0.25) is 5.91 Å². The predicted octanol–water partition coefficient (Wildman–Crippen LogP) is 0.200. The van der Waals surface area contributed by atoms with E-state index < -0.39 is 0 Å². The lowest BCUT2D eigenvalue weighted by Crippen LogP contribution is -2.25. The first-order valence-electron chi connectivity index (χ1n) is 5.65. The summed E-state index contributed by atoms with van der Waals surface area (Å²) in [6.45, 7) is 0.227. The highest BCUT2D eigenvalue weighted by Crippen LogP contribution is 2.17. The number of aromatic nitrogens is 5. The average molecular weight is 258 g/mol. The first kappa shape index (κ1) is 11.3. The number of carbonyl (C=O) groups excluding carboxylic acids is 1. The zero-order valence-corrected chi connectivity index (χ0v) is 9.83. The van der Waals surface area contributed by atoms with Gasteiger partial charge in [-0.3, -0.25) is 4.79 Å². The number of carbonyl (C=O) groups is 1. The lowest BCUT2D eigenvalue weighted by Gasteiger charge is -1.99. The number of rotatable bonds is 4. The summed E-state index contributed by atoms with van der Waals surface area (Å²) in [6, 6.07) is 7.41. The molecule has 3 aromatic rings. The molecule has 2 N–H and O–H groups in total. The molecule has 8 nitrogen and oxygen atoms in total. The summed E-state index contributed by atoms with van der Waals surface area (Å²) in [7, 11) is 0. The van der Waals surface area contributed by atoms with Crippen LogP contribution in [0.4, 0.5) is 0 Å². The van der Waals surface area contributed by atoms with Crippen LogP contribution in [0.5, 0.6) is 0 Å². The fourth-order valence-electron chi connectivity index (χ4n) is 1.72. The van der Waals surface area contributed by atoms with Gasteiger partial charge >= 0.3 is 0 Å². The predicted molar refractivity (Wildman–Crippen MR) is 63.7 cm³/mol. The number of benzene rings is 1. The van der Waals surface area contributed by atoms with Crippen LogP contribution in [0.1, 0.15) is 11.5 Å². The van der Waals surface area contributed by atoms with Crippen LogP contribution >= 0.6 is 0 Å². The highest BCUT2D eigenvalue weighted by atomic mass is 16.5. The molecular weight excluding hydrogens is 248 g/mol. The Labute approximate surface area is 107 Å². The van der Waals surface area contributed by atoms with E-state index in [0.29, 0.717) is 17.1 Å². The summed E-state index contributed by atoms with van der Waals surface area (Å²) in [5, 5.41) is 20.6. The Morgan fingerprint density at radius 2 is 2.26 bits per heavy atom. The lowest BCUT2D eigenvalue weighted by atomic mass is 10.1. The second-order valence-corrected chi connectivity index (χ2v) is 3.91. The normalized spacial score (nSPS) is 10.7. The van der Waals surface area contributed by atoms with Crippen LogP contribution in [0.25, 0.3) is 11.0 Å². The van der Waals surface area contributed by atoms with Crippen molar-refractivity contribution in [3.63, 3.8) is 0 Å². The van der Waals surface area contributed by atoms with Gasteiger partial charge in [-0.05, 0) is 12.1 Å². The van der Waals surface area contributed by atoms with Crippen LogP contribution in [0.2, 0.25) is 0 Å². The number of fused-ring (bicyclic) bond motifs is 1. The van der Waals surface area contributed by atoms with Crippen LogP contribution < -0.4 is 5.32 Å². The van der Waals surface area contributed by atoms with Crippen molar-refractivity contribution >= 4 is 16.9 Å². The molecule has 0 radical (unpaired) electrons. The van der Waals surface area contributed by atoms with E-state index in [1.165, 1.54) is 0 Å². The zero-order valence-electron chi connectivity index (χ0n) is 9.83. The second kappa shape index (κ2) is 4.84. The summed E-state index contributed by atoms with van der Waals surface area (Å²) >= 11 is 0. The van der Waals surface area contributed by atoms with Crippen LogP contribution in [0.3, 0.4) is 0 Å². The van der Waals surface area contributed by atoms with Crippen molar-refractivity contribution in [1.82, 2.24) is 31.1 Å². The molecule has 0 atom stereocenters. The molecular formula is C11H10N6O2. The number of para-hydroxylation sites is 1.